The van der Waals surface area contributed by atoms with E-state index in [1.807, 2.05) is 0 Å². The number of carbonyl (C=O) groups excluding carboxylic acids is 3. The highest BCUT2D eigenvalue weighted by molar-refractivity contribution is 8.15. The molecular formula is C19H15FN3O4S-. The van der Waals surface area contributed by atoms with Gasteiger partial charge in [0.2, 0.25) is 11.8 Å². The number of carboxylic acids is 1. The summed E-state index contributed by atoms with van der Waals surface area (Å²) < 4.78 is 13.0. The summed E-state index contributed by atoms with van der Waals surface area (Å²) in [5.41, 5.74) is 0.737. The van der Waals surface area contributed by atoms with Gasteiger partial charge in [-0.1, -0.05) is 23.9 Å². The van der Waals surface area contributed by atoms with E-state index in [-0.39, 0.29) is 23.7 Å². The van der Waals surface area contributed by atoms with Crippen LogP contribution in [-0.4, -0.2) is 40.1 Å². The van der Waals surface area contributed by atoms with Crippen molar-refractivity contribution in [3.63, 3.8) is 0 Å². The Labute approximate surface area is 164 Å². The summed E-state index contributed by atoms with van der Waals surface area (Å²) in [6.45, 7) is 0. The van der Waals surface area contributed by atoms with Gasteiger partial charge in [-0.05, 0) is 42.0 Å². The number of nitrogens with zero attached hydrogens (tertiary/aromatic N) is 2. The predicted octanol–water partition coefficient (Wildman–Crippen LogP) is 1.78. The number of carbonyl (C=O) groups is 3. The van der Waals surface area contributed by atoms with Gasteiger partial charge in [-0.15, -0.1) is 0 Å². The topological polar surface area (TPSA) is 102 Å². The summed E-state index contributed by atoms with van der Waals surface area (Å²) >= 11 is 1.14. The van der Waals surface area contributed by atoms with E-state index in [1.165, 1.54) is 47.4 Å². The minimum atomic E-state index is -1.35. The average molecular weight is 400 g/mol. The lowest BCUT2D eigenvalue weighted by Gasteiger charge is -2.10. The van der Waals surface area contributed by atoms with Crippen molar-refractivity contribution in [2.45, 2.75) is 11.7 Å². The second-order valence-electron chi connectivity index (χ2n) is 6.00. The summed E-state index contributed by atoms with van der Waals surface area (Å²) in [7, 11) is 1.55. The maximum Gasteiger partial charge on any atom is 0.242 e. The molecule has 1 N–H and O–H groups in total. The molecule has 0 spiro atoms. The zero-order valence-electron chi connectivity index (χ0n) is 14.7. The van der Waals surface area contributed by atoms with E-state index >= 15 is 0 Å². The molecule has 2 amide bonds. The molecule has 1 aliphatic heterocycles. The van der Waals surface area contributed by atoms with Crippen molar-refractivity contribution in [3.05, 3.63) is 59.9 Å². The molecule has 3 rings (SSSR count). The van der Waals surface area contributed by atoms with Crippen LogP contribution in [0.4, 0.5) is 15.8 Å². The third-order valence-corrected chi connectivity index (χ3v) is 5.17. The molecule has 0 bridgehead atoms. The van der Waals surface area contributed by atoms with Crippen LogP contribution in [0.2, 0.25) is 0 Å². The standard InChI is InChI=1S/C19H16FN3O4S/c1-23-17(25)15(28-19(23)22-13-7-5-12(20)6-8-13)10-16(24)21-14-4-2-3-11(9-14)18(26)27/h2-9,15H,10H2,1H3,(H,21,24)(H,26,27)/p-1/t15-/m1/s1. The molecule has 28 heavy (non-hydrogen) atoms. The van der Waals surface area contributed by atoms with Crippen LogP contribution in [0.5, 0.6) is 0 Å². The number of rotatable bonds is 5. The smallest absolute Gasteiger partial charge is 0.242 e. The van der Waals surface area contributed by atoms with Crippen molar-refractivity contribution >= 4 is 46.1 Å². The van der Waals surface area contributed by atoms with Gasteiger partial charge in [0.1, 0.15) is 11.1 Å². The van der Waals surface area contributed by atoms with Crippen LogP contribution < -0.4 is 10.4 Å². The Hall–Kier alpha value is -3.20. The maximum absolute atomic E-state index is 13.0. The number of halogens is 1. The Balaban J connectivity index is 1.66. The highest BCUT2D eigenvalue weighted by Gasteiger charge is 2.37. The fraction of sp³-hybridized carbons (Fsp3) is 0.158. The number of carboxylic acid groups (broad SMARTS) is 1. The van der Waals surface area contributed by atoms with Crippen molar-refractivity contribution in [2.75, 3.05) is 12.4 Å². The van der Waals surface area contributed by atoms with Gasteiger partial charge in [-0.25, -0.2) is 9.38 Å². The molecule has 2 aromatic carbocycles. The molecule has 1 atom stereocenters. The van der Waals surface area contributed by atoms with Gasteiger partial charge >= 0.3 is 0 Å². The minimum absolute atomic E-state index is 0.0578. The van der Waals surface area contributed by atoms with E-state index in [1.54, 1.807) is 13.1 Å². The zero-order chi connectivity index (χ0) is 20.3. The molecule has 0 unspecified atom stereocenters. The SMILES string of the molecule is CN1C(=O)[C@@H](CC(=O)Nc2cccc(C(=O)[O-])c2)SC1=Nc1ccc(F)cc1. The molecule has 7 nitrogen and oxygen atoms in total. The maximum atomic E-state index is 13.0. The van der Waals surface area contributed by atoms with Crippen LogP contribution >= 0.6 is 11.8 Å². The molecule has 1 heterocycles. The monoisotopic (exact) mass is 400 g/mol. The van der Waals surface area contributed by atoms with Crippen molar-refractivity contribution < 1.29 is 23.9 Å². The van der Waals surface area contributed by atoms with Gasteiger partial charge < -0.3 is 15.2 Å². The Morgan fingerprint density at radius 3 is 2.64 bits per heavy atom. The first kappa shape index (κ1) is 19.6. The summed E-state index contributed by atoms with van der Waals surface area (Å²) in [5.74, 6) is -2.44. The van der Waals surface area contributed by atoms with Gasteiger partial charge in [0.05, 0.1) is 11.7 Å². The second kappa shape index (κ2) is 8.22. The largest absolute Gasteiger partial charge is 0.545 e. The molecule has 1 aliphatic rings. The van der Waals surface area contributed by atoms with E-state index in [0.717, 1.165) is 11.8 Å². The Bertz CT molecular complexity index is 962. The Morgan fingerprint density at radius 2 is 1.96 bits per heavy atom. The normalized spacial score (nSPS) is 17.8. The molecule has 2 aromatic rings. The van der Waals surface area contributed by atoms with Gasteiger partial charge in [-0.2, -0.15) is 0 Å². The van der Waals surface area contributed by atoms with Crippen LogP contribution in [0.15, 0.2) is 53.5 Å². The molecule has 0 saturated carbocycles. The van der Waals surface area contributed by atoms with Crippen molar-refractivity contribution in [1.29, 1.82) is 0 Å². The zero-order valence-corrected chi connectivity index (χ0v) is 15.5. The molecule has 1 saturated heterocycles. The van der Waals surface area contributed by atoms with Crippen molar-refractivity contribution in [3.8, 4) is 0 Å². The van der Waals surface area contributed by atoms with E-state index in [9.17, 15) is 23.9 Å². The van der Waals surface area contributed by atoms with Crippen LogP contribution in [0.3, 0.4) is 0 Å². The first-order valence-corrected chi connectivity index (χ1v) is 9.11. The highest BCUT2D eigenvalue weighted by atomic mass is 32.2. The number of aromatic carboxylic acids is 1. The fourth-order valence-electron chi connectivity index (χ4n) is 2.53. The summed E-state index contributed by atoms with van der Waals surface area (Å²) in [5, 5.41) is 13.2. The first-order valence-electron chi connectivity index (χ1n) is 8.23. The number of anilines is 1. The number of aliphatic imine (C=N–C) groups is 1. The summed E-state index contributed by atoms with van der Waals surface area (Å²) in [6, 6.07) is 11.2. The molecular weight excluding hydrogens is 385 g/mol. The lowest BCUT2D eigenvalue weighted by Crippen LogP contribution is -2.30. The van der Waals surface area contributed by atoms with Gasteiger partial charge in [0, 0.05) is 19.2 Å². The van der Waals surface area contributed by atoms with Crippen molar-refractivity contribution in [1.82, 2.24) is 4.90 Å². The molecule has 0 radical (unpaired) electrons. The van der Waals surface area contributed by atoms with Crippen LogP contribution in [0.25, 0.3) is 0 Å². The van der Waals surface area contributed by atoms with E-state index in [0.29, 0.717) is 16.5 Å². The fourth-order valence-corrected chi connectivity index (χ4v) is 3.68. The van der Waals surface area contributed by atoms with Gasteiger partial charge in [0.15, 0.2) is 5.17 Å². The minimum Gasteiger partial charge on any atom is -0.545 e. The number of nitrogens with one attached hydrogen (secondary N) is 1. The average Bonchev–Trinajstić information content (AvgIpc) is 2.91. The lowest BCUT2D eigenvalue weighted by molar-refractivity contribution is -0.255. The third-order valence-electron chi connectivity index (χ3n) is 3.94. The van der Waals surface area contributed by atoms with Crippen molar-refractivity contribution in [2.24, 2.45) is 4.99 Å². The number of hydrogen-bond donors (Lipinski definition) is 1. The predicted molar refractivity (Wildman–Crippen MR) is 102 cm³/mol. The Kier molecular flexibility index (Phi) is 5.74. The summed E-state index contributed by atoms with van der Waals surface area (Å²) in [4.78, 5) is 41.2. The number of thioether (sulfide) groups is 1. The number of amidine groups is 1. The third kappa shape index (κ3) is 4.55. The lowest BCUT2D eigenvalue weighted by atomic mass is 10.2. The Morgan fingerprint density at radius 1 is 1.25 bits per heavy atom. The van der Waals surface area contributed by atoms with Gasteiger partial charge in [0.25, 0.3) is 0 Å². The van der Waals surface area contributed by atoms with Crippen LogP contribution in [0.1, 0.15) is 16.8 Å². The number of benzene rings is 2. The van der Waals surface area contributed by atoms with E-state index in [4.69, 9.17) is 0 Å². The number of hydrogen-bond acceptors (Lipinski definition) is 6. The van der Waals surface area contributed by atoms with E-state index < -0.39 is 17.1 Å². The molecule has 9 heteroatoms. The molecule has 144 valence electrons. The summed E-state index contributed by atoms with van der Waals surface area (Å²) in [6.07, 6.45) is -0.105. The van der Waals surface area contributed by atoms with Crippen LogP contribution in [-0.2, 0) is 9.59 Å². The molecule has 0 aromatic heterocycles. The number of amides is 2. The van der Waals surface area contributed by atoms with Gasteiger partial charge in [-0.3, -0.25) is 14.5 Å². The quantitative estimate of drug-likeness (QED) is 0.824. The highest BCUT2D eigenvalue weighted by Crippen LogP contribution is 2.30. The van der Waals surface area contributed by atoms with Crippen LogP contribution in [0, 0.1) is 5.82 Å². The molecule has 0 aliphatic carbocycles. The second-order valence-corrected chi connectivity index (χ2v) is 7.16. The first-order chi connectivity index (χ1) is 13.3. The molecule has 1 fully saturated rings. The van der Waals surface area contributed by atoms with E-state index in [2.05, 4.69) is 10.3 Å².